The van der Waals surface area contributed by atoms with Crippen molar-refractivity contribution in [1.82, 2.24) is 9.88 Å². The van der Waals surface area contributed by atoms with Crippen molar-refractivity contribution in [1.29, 1.82) is 0 Å². The minimum absolute atomic E-state index is 0.0993. The molecule has 152 valence electrons. The molecule has 0 radical (unpaired) electrons. The van der Waals surface area contributed by atoms with E-state index in [1.807, 2.05) is 6.92 Å². The molecule has 0 N–H and O–H groups in total. The Bertz CT molecular complexity index is 889. The second-order valence-electron chi connectivity index (χ2n) is 7.28. The Morgan fingerprint density at radius 1 is 1.04 bits per heavy atom. The normalized spacial score (nSPS) is 26.6. The molecule has 2 aromatic rings. The van der Waals surface area contributed by atoms with Crippen LogP contribution in [0.15, 0.2) is 24.3 Å². The van der Waals surface area contributed by atoms with E-state index in [0.717, 1.165) is 37.9 Å². The fraction of sp³-hybridized carbons (Fsp3) is 0.526. The number of benzene rings is 1. The van der Waals surface area contributed by atoms with Gasteiger partial charge in [-0.05, 0) is 43.5 Å². The van der Waals surface area contributed by atoms with Gasteiger partial charge < -0.3 is 4.74 Å². The number of alkyl halides is 6. The van der Waals surface area contributed by atoms with Gasteiger partial charge in [0.25, 0.3) is 0 Å². The molecule has 2 unspecified atom stereocenters. The monoisotopic (exact) mass is 404 g/mol. The number of pyridine rings is 1. The van der Waals surface area contributed by atoms with Gasteiger partial charge in [-0.1, -0.05) is 12.5 Å². The zero-order valence-electron chi connectivity index (χ0n) is 14.9. The van der Waals surface area contributed by atoms with Crippen LogP contribution in [0.4, 0.5) is 26.3 Å². The molecule has 3 atom stereocenters. The molecular weight excluding hydrogens is 386 g/mol. The molecule has 0 spiro atoms. The van der Waals surface area contributed by atoms with Gasteiger partial charge in [0.15, 0.2) is 0 Å². The molecule has 28 heavy (non-hydrogen) atoms. The second kappa shape index (κ2) is 6.59. The lowest BCUT2D eigenvalue weighted by Gasteiger charge is -2.32. The first-order valence-corrected chi connectivity index (χ1v) is 9.06. The quantitative estimate of drug-likeness (QED) is 0.584. The van der Waals surface area contributed by atoms with Crippen molar-refractivity contribution >= 4 is 10.9 Å². The molecule has 2 aliphatic rings. The maximum absolute atomic E-state index is 13.4. The topological polar surface area (TPSA) is 25.4 Å². The van der Waals surface area contributed by atoms with Crippen LogP contribution in [-0.2, 0) is 17.1 Å². The van der Waals surface area contributed by atoms with Crippen LogP contribution < -0.4 is 0 Å². The van der Waals surface area contributed by atoms with Crippen molar-refractivity contribution in [2.45, 2.75) is 56.9 Å². The third-order valence-corrected chi connectivity index (χ3v) is 5.52. The molecule has 3 nitrogen and oxygen atoms in total. The highest BCUT2D eigenvalue weighted by Gasteiger charge is 2.44. The average Bonchev–Trinajstić information content (AvgIpc) is 2.96. The Morgan fingerprint density at radius 3 is 2.46 bits per heavy atom. The van der Waals surface area contributed by atoms with Gasteiger partial charge in [0, 0.05) is 18.0 Å². The molecule has 9 heteroatoms. The number of piperidine rings is 1. The summed E-state index contributed by atoms with van der Waals surface area (Å²) < 4.78 is 85.3. The number of hydrogen-bond donors (Lipinski definition) is 0. The molecule has 2 fully saturated rings. The number of rotatable bonds is 1. The summed E-state index contributed by atoms with van der Waals surface area (Å²) in [5.41, 5.74) is -2.32. The highest BCUT2D eigenvalue weighted by molar-refractivity contribution is 5.84. The Hall–Kier alpha value is -1.87. The van der Waals surface area contributed by atoms with Crippen LogP contribution in [0, 0.1) is 0 Å². The fourth-order valence-electron chi connectivity index (χ4n) is 4.23. The zero-order chi connectivity index (χ0) is 20.3. The Morgan fingerprint density at radius 2 is 1.79 bits per heavy atom. The van der Waals surface area contributed by atoms with Gasteiger partial charge >= 0.3 is 12.4 Å². The molecule has 4 rings (SSSR count). The van der Waals surface area contributed by atoms with Gasteiger partial charge in [-0.25, -0.2) is 4.98 Å². The van der Waals surface area contributed by atoms with Crippen LogP contribution in [0.5, 0.6) is 0 Å². The van der Waals surface area contributed by atoms with E-state index in [1.165, 1.54) is 6.07 Å². The third kappa shape index (κ3) is 3.34. The number of halogens is 6. The summed E-state index contributed by atoms with van der Waals surface area (Å²) in [5, 5.41) is 0.255. The Kier molecular flexibility index (Phi) is 4.58. The summed E-state index contributed by atoms with van der Waals surface area (Å²) in [7, 11) is 0. The molecule has 3 heterocycles. The van der Waals surface area contributed by atoms with E-state index in [4.69, 9.17) is 4.74 Å². The molecular formula is C19H18F6N2O. The van der Waals surface area contributed by atoms with E-state index < -0.39 is 29.7 Å². The summed E-state index contributed by atoms with van der Waals surface area (Å²) in [6.45, 7) is 2.63. The number of hydrogen-bond acceptors (Lipinski definition) is 3. The maximum atomic E-state index is 13.4. The van der Waals surface area contributed by atoms with Crippen LogP contribution >= 0.6 is 0 Å². The lowest BCUT2D eigenvalue weighted by molar-refractivity contribution is -0.141. The van der Waals surface area contributed by atoms with E-state index in [2.05, 4.69) is 9.88 Å². The zero-order valence-corrected chi connectivity index (χ0v) is 14.9. The van der Waals surface area contributed by atoms with Gasteiger partial charge in [0.1, 0.15) is 18.0 Å². The Labute approximate surface area is 157 Å². The van der Waals surface area contributed by atoms with Gasteiger partial charge in [-0.2, -0.15) is 26.3 Å². The average molecular weight is 404 g/mol. The molecule has 1 aromatic carbocycles. The first kappa shape index (κ1) is 19.4. The van der Waals surface area contributed by atoms with Gasteiger partial charge in [0.05, 0.1) is 11.1 Å². The second-order valence-corrected chi connectivity index (χ2v) is 7.28. The van der Waals surface area contributed by atoms with E-state index in [1.54, 1.807) is 0 Å². The molecule has 1 aromatic heterocycles. The maximum Gasteiger partial charge on any atom is 0.433 e. The van der Waals surface area contributed by atoms with Crippen molar-refractivity contribution < 1.29 is 31.1 Å². The molecule has 0 aliphatic carbocycles. The van der Waals surface area contributed by atoms with Crippen molar-refractivity contribution in [3.05, 3.63) is 41.1 Å². The van der Waals surface area contributed by atoms with E-state index >= 15 is 0 Å². The third-order valence-electron chi connectivity index (χ3n) is 5.52. The number of ether oxygens (including phenoxy) is 1. The highest BCUT2D eigenvalue weighted by Crippen LogP contribution is 2.44. The van der Waals surface area contributed by atoms with Crippen LogP contribution in [0.1, 0.15) is 49.1 Å². The SMILES string of the molecule is CC1O[C@@H](c2cc(C(F)(F)F)nc3cc(C(F)(F)F)ccc23)C2CCCCN12. The van der Waals surface area contributed by atoms with Crippen LogP contribution in [0.3, 0.4) is 0 Å². The predicted molar refractivity (Wildman–Crippen MR) is 89.4 cm³/mol. The fourth-order valence-corrected chi connectivity index (χ4v) is 4.23. The van der Waals surface area contributed by atoms with Gasteiger partial charge in [-0.15, -0.1) is 0 Å². The number of fused-ring (bicyclic) bond motifs is 2. The molecule has 2 aliphatic heterocycles. The van der Waals surface area contributed by atoms with Crippen LogP contribution in [0.25, 0.3) is 10.9 Å². The minimum Gasteiger partial charge on any atom is -0.354 e. The van der Waals surface area contributed by atoms with Crippen LogP contribution in [0.2, 0.25) is 0 Å². The van der Waals surface area contributed by atoms with E-state index in [0.29, 0.717) is 6.07 Å². The van der Waals surface area contributed by atoms with Crippen molar-refractivity contribution in [2.75, 3.05) is 6.54 Å². The minimum atomic E-state index is -4.77. The molecule has 0 saturated carbocycles. The van der Waals surface area contributed by atoms with Crippen LogP contribution in [-0.4, -0.2) is 28.7 Å². The van der Waals surface area contributed by atoms with Crippen molar-refractivity contribution in [3.63, 3.8) is 0 Å². The predicted octanol–water partition coefficient (Wildman–Crippen LogP) is 5.54. The molecule has 2 saturated heterocycles. The summed E-state index contributed by atoms with van der Waals surface area (Å²) in [4.78, 5) is 5.59. The van der Waals surface area contributed by atoms with Gasteiger partial charge in [0.2, 0.25) is 0 Å². The molecule has 0 amide bonds. The summed E-state index contributed by atoms with van der Waals surface area (Å²) in [5.74, 6) is 0. The van der Waals surface area contributed by atoms with E-state index in [9.17, 15) is 26.3 Å². The lowest BCUT2D eigenvalue weighted by atomic mass is 9.91. The van der Waals surface area contributed by atoms with E-state index in [-0.39, 0.29) is 28.7 Å². The smallest absolute Gasteiger partial charge is 0.354 e. The first-order chi connectivity index (χ1) is 13.1. The number of nitrogens with zero attached hydrogens (tertiary/aromatic N) is 2. The number of aromatic nitrogens is 1. The largest absolute Gasteiger partial charge is 0.433 e. The highest BCUT2D eigenvalue weighted by atomic mass is 19.4. The standard InChI is InChI=1S/C19H18F6N2O/c1-10-27-7-3-2-4-15(27)17(28-10)13-9-16(19(23,24)25)26-14-8-11(18(20,21)22)5-6-12(13)14/h5-6,8-10,15,17H,2-4,7H2,1H3/t10?,15?,17-/m0/s1. The summed E-state index contributed by atoms with van der Waals surface area (Å²) >= 11 is 0. The summed E-state index contributed by atoms with van der Waals surface area (Å²) in [6, 6.07) is 3.56. The van der Waals surface area contributed by atoms with Gasteiger partial charge in [-0.3, -0.25) is 4.90 Å². The molecule has 0 bridgehead atoms. The Balaban J connectivity index is 1.89. The van der Waals surface area contributed by atoms with Crippen molar-refractivity contribution in [2.24, 2.45) is 0 Å². The lowest BCUT2D eigenvalue weighted by Crippen LogP contribution is -2.39. The first-order valence-electron chi connectivity index (χ1n) is 9.06. The van der Waals surface area contributed by atoms with Crippen molar-refractivity contribution in [3.8, 4) is 0 Å². The summed E-state index contributed by atoms with van der Waals surface area (Å²) in [6.07, 6.45) is -7.66.